The second-order valence-corrected chi connectivity index (χ2v) is 10.1. The van der Waals surface area contributed by atoms with Crippen molar-refractivity contribution in [3.05, 3.63) is 0 Å². The van der Waals surface area contributed by atoms with Crippen molar-refractivity contribution in [2.45, 2.75) is 77.1 Å². The molecule has 1 heterocycles. The first-order chi connectivity index (χ1) is 11.8. The first-order valence-corrected chi connectivity index (χ1v) is 10.1. The maximum absolute atomic E-state index is 12.6. The maximum atomic E-state index is 12.6. The molecule has 4 heteroatoms. The number of epoxide rings is 1. The van der Waals surface area contributed by atoms with Crippen LogP contribution < -0.4 is 0 Å². The summed E-state index contributed by atoms with van der Waals surface area (Å²) in [6.45, 7) is 6.86. The average Bonchev–Trinajstić information content (AvgIpc) is 3.28. The van der Waals surface area contributed by atoms with Crippen molar-refractivity contribution in [2.75, 3.05) is 0 Å². The summed E-state index contributed by atoms with van der Waals surface area (Å²) in [5.41, 5.74) is -0.336. The van der Waals surface area contributed by atoms with Gasteiger partial charge in [0.05, 0.1) is 12.2 Å². The highest BCUT2D eigenvalue weighted by Crippen LogP contribution is 2.74. The Labute approximate surface area is 149 Å². The second-order valence-electron chi connectivity index (χ2n) is 10.1. The first kappa shape index (κ1) is 16.3. The Balaban J connectivity index is 1.56. The number of carbonyl (C=O) groups is 1. The number of Topliss-reactive ketones (excluding diaryl/α,β-unsaturated/α-hetero) is 1. The van der Waals surface area contributed by atoms with Crippen LogP contribution in [0.2, 0.25) is 0 Å². The van der Waals surface area contributed by atoms with E-state index in [2.05, 4.69) is 26.8 Å². The van der Waals surface area contributed by atoms with E-state index in [0.29, 0.717) is 30.1 Å². The van der Waals surface area contributed by atoms with Crippen LogP contribution in [0.3, 0.4) is 0 Å². The normalized spacial score (nSPS) is 62.2. The Hall–Kier alpha value is -0.920. The lowest BCUT2D eigenvalue weighted by atomic mass is 9.42. The van der Waals surface area contributed by atoms with Crippen molar-refractivity contribution in [2.24, 2.45) is 40.4 Å². The number of fused-ring (bicyclic) bond motifs is 4. The van der Waals surface area contributed by atoms with Crippen molar-refractivity contribution < 1.29 is 14.6 Å². The molecule has 10 atom stereocenters. The second kappa shape index (κ2) is 4.67. The topological polar surface area (TPSA) is 73.6 Å². The highest BCUT2D eigenvalue weighted by atomic mass is 16.6. The fraction of sp³-hybridized carbons (Fsp3) is 0.905. The molecule has 0 aromatic heterocycles. The average molecular weight is 343 g/mol. The SMILES string of the molecule is C[C@H]1C[C@H]2[C@@H]3CC[C@H](O)[C@@]3(C)CC[C@@H]2[C@@]2(C)C[C@@H](C#N)C(=O)[C@H]3O[C@@]312. The monoisotopic (exact) mass is 343 g/mol. The maximum Gasteiger partial charge on any atom is 0.181 e. The minimum atomic E-state index is -0.501. The third kappa shape index (κ3) is 1.64. The largest absolute Gasteiger partial charge is 0.393 e. The smallest absolute Gasteiger partial charge is 0.181 e. The van der Waals surface area contributed by atoms with Crippen LogP contribution in [0.25, 0.3) is 0 Å². The number of carbonyl (C=O) groups excluding carboxylic acids is 1. The molecule has 0 bridgehead atoms. The van der Waals surface area contributed by atoms with E-state index in [1.54, 1.807) is 0 Å². The summed E-state index contributed by atoms with van der Waals surface area (Å²) in [6.07, 6.45) is 5.48. The minimum Gasteiger partial charge on any atom is -0.393 e. The molecule has 1 aliphatic heterocycles. The van der Waals surface area contributed by atoms with Crippen molar-refractivity contribution in [3.8, 4) is 6.07 Å². The van der Waals surface area contributed by atoms with Gasteiger partial charge in [0.15, 0.2) is 5.78 Å². The standard InChI is InChI=1S/C21H29NO3/c1-11-8-13-14-4-5-16(23)19(14,2)7-6-15(13)20(3)9-12(10-22)17(24)18-21(11,20)25-18/h11-16,18,23H,4-9H2,1-3H3/t11-,12-,13-,14-,15-,16-,18+,19-,20+,21+/m0/s1. The van der Waals surface area contributed by atoms with E-state index in [1.165, 1.54) is 0 Å². The number of aliphatic hydroxyl groups excluding tert-OH is 1. The molecule has 5 rings (SSSR count). The molecule has 4 aliphatic carbocycles. The Morgan fingerprint density at radius 1 is 1.24 bits per heavy atom. The molecule has 4 nitrogen and oxygen atoms in total. The van der Waals surface area contributed by atoms with E-state index in [9.17, 15) is 15.2 Å². The quantitative estimate of drug-likeness (QED) is 0.686. The van der Waals surface area contributed by atoms with Gasteiger partial charge < -0.3 is 9.84 Å². The number of hydrogen-bond acceptors (Lipinski definition) is 4. The van der Waals surface area contributed by atoms with Crippen LogP contribution in [0.5, 0.6) is 0 Å². The predicted molar refractivity (Wildman–Crippen MR) is 91.3 cm³/mol. The van der Waals surface area contributed by atoms with Gasteiger partial charge in [0.2, 0.25) is 0 Å². The van der Waals surface area contributed by atoms with Crippen LogP contribution in [-0.4, -0.2) is 28.7 Å². The van der Waals surface area contributed by atoms with Crippen molar-refractivity contribution in [1.29, 1.82) is 5.26 Å². The Bertz CT molecular complexity index is 685. The van der Waals surface area contributed by atoms with Gasteiger partial charge in [-0.15, -0.1) is 0 Å². The third-order valence-electron chi connectivity index (χ3n) is 9.49. The summed E-state index contributed by atoms with van der Waals surface area (Å²) >= 11 is 0. The van der Waals surface area contributed by atoms with Gasteiger partial charge in [-0.2, -0.15) is 5.26 Å². The molecule has 0 aromatic rings. The van der Waals surface area contributed by atoms with E-state index in [1.807, 2.05) is 0 Å². The number of hydrogen-bond donors (Lipinski definition) is 1. The molecule has 0 amide bonds. The first-order valence-electron chi connectivity index (χ1n) is 10.1. The summed E-state index contributed by atoms with van der Waals surface area (Å²) in [4.78, 5) is 12.6. The van der Waals surface area contributed by atoms with Crippen molar-refractivity contribution in [3.63, 3.8) is 0 Å². The molecular formula is C21H29NO3. The van der Waals surface area contributed by atoms with E-state index in [4.69, 9.17) is 4.74 Å². The summed E-state index contributed by atoms with van der Waals surface area (Å²) in [5, 5.41) is 20.1. The molecule has 136 valence electrons. The van der Waals surface area contributed by atoms with Gasteiger partial charge in [0.25, 0.3) is 0 Å². The van der Waals surface area contributed by atoms with Crippen molar-refractivity contribution >= 4 is 5.78 Å². The molecule has 0 aromatic carbocycles. The van der Waals surface area contributed by atoms with Gasteiger partial charge in [-0.1, -0.05) is 20.8 Å². The van der Waals surface area contributed by atoms with E-state index < -0.39 is 5.92 Å². The summed E-state index contributed by atoms with van der Waals surface area (Å²) in [5.74, 6) is 1.57. The van der Waals surface area contributed by atoms with Crippen LogP contribution in [-0.2, 0) is 9.53 Å². The van der Waals surface area contributed by atoms with Crippen LogP contribution in [0.4, 0.5) is 0 Å². The Morgan fingerprint density at radius 3 is 2.72 bits per heavy atom. The Morgan fingerprint density at radius 2 is 2.00 bits per heavy atom. The van der Waals surface area contributed by atoms with E-state index >= 15 is 0 Å². The molecule has 4 saturated carbocycles. The fourth-order valence-electron chi connectivity index (χ4n) is 8.18. The van der Waals surface area contributed by atoms with Gasteiger partial charge in [0, 0.05) is 5.41 Å². The zero-order chi connectivity index (χ0) is 17.8. The molecular weight excluding hydrogens is 314 g/mol. The summed E-state index contributed by atoms with van der Waals surface area (Å²) in [6, 6.07) is 2.27. The van der Waals surface area contributed by atoms with E-state index in [-0.39, 0.29) is 34.4 Å². The minimum absolute atomic E-state index is 0.0298. The molecule has 1 saturated heterocycles. The van der Waals surface area contributed by atoms with Crippen LogP contribution in [0.15, 0.2) is 0 Å². The van der Waals surface area contributed by atoms with Crippen LogP contribution in [0.1, 0.15) is 59.3 Å². The highest BCUT2D eigenvalue weighted by Gasteiger charge is 2.80. The lowest BCUT2D eigenvalue weighted by Crippen LogP contribution is -2.62. The molecule has 25 heavy (non-hydrogen) atoms. The zero-order valence-electron chi connectivity index (χ0n) is 15.5. The molecule has 1 N–H and O–H groups in total. The van der Waals surface area contributed by atoms with Crippen LogP contribution >= 0.6 is 0 Å². The molecule has 0 unspecified atom stereocenters. The number of ketones is 1. The summed E-state index contributed by atoms with van der Waals surface area (Å²) < 4.78 is 6.19. The number of rotatable bonds is 0. The lowest BCUT2D eigenvalue weighted by Gasteiger charge is -2.61. The number of aliphatic hydroxyl groups is 1. The fourth-order valence-corrected chi connectivity index (χ4v) is 8.18. The lowest BCUT2D eigenvalue weighted by molar-refractivity contribution is -0.150. The van der Waals surface area contributed by atoms with Crippen LogP contribution in [0, 0.1) is 51.8 Å². The van der Waals surface area contributed by atoms with Gasteiger partial charge in [-0.3, -0.25) is 4.79 Å². The third-order valence-corrected chi connectivity index (χ3v) is 9.49. The molecule has 0 radical (unpaired) electrons. The molecule has 1 spiro atoms. The Kier molecular flexibility index (Phi) is 3.04. The van der Waals surface area contributed by atoms with Crippen molar-refractivity contribution in [1.82, 2.24) is 0 Å². The van der Waals surface area contributed by atoms with Gasteiger partial charge >= 0.3 is 0 Å². The number of ether oxygens (including phenoxy) is 1. The van der Waals surface area contributed by atoms with Gasteiger partial charge in [-0.25, -0.2) is 0 Å². The zero-order valence-corrected chi connectivity index (χ0v) is 15.5. The van der Waals surface area contributed by atoms with Gasteiger partial charge in [-0.05, 0) is 67.6 Å². The predicted octanol–water partition coefficient (Wildman–Crippen LogP) is 3.09. The van der Waals surface area contributed by atoms with E-state index in [0.717, 1.165) is 32.1 Å². The van der Waals surface area contributed by atoms with Gasteiger partial charge in [0.1, 0.15) is 17.6 Å². The summed E-state index contributed by atoms with van der Waals surface area (Å²) in [7, 11) is 0. The number of nitrogens with zero attached hydrogens (tertiary/aromatic N) is 1. The highest BCUT2D eigenvalue weighted by molar-refractivity contribution is 5.92. The number of nitriles is 1. The molecule has 5 aliphatic rings. The molecule has 5 fully saturated rings.